The SMILES string of the molecule is B/C(C)=C(\C)C(C)CC(C)(C)C. The van der Waals surface area contributed by atoms with Crippen LogP contribution in [0.15, 0.2) is 11.0 Å². The van der Waals surface area contributed by atoms with Crippen LogP contribution >= 0.6 is 0 Å². The van der Waals surface area contributed by atoms with Gasteiger partial charge < -0.3 is 0 Å². The zero-order chi connectivity index (χ0) is 9.94. The Hall–Kier alpha value is -0.195. The maximum Gasteiger partial charge on any atom is 0.133 e. The van der Waals surface area contributed by atoms with Gasteiger partial charge in [-0.1, -0.05) is 40.2 Å². The largest absolute Gasteiger partial charge is 0.133 e. The summed E-state index contributed by atoms with van der Waals surface area (Å²) in [4.78, 5) is 0. The number of rotatable bonds is 2. The van der Waals surface area contributed by atoms with Crippen LogP contribution in [0.2, 0.25) is 0 Å². The average molecular weight is 166 g/mol. The minimum Gasteiger partial charge on any atom is -0.114 e. The highest BCUT2D eigenvalue weighted by molar-refractivity contribution is 6.21. The van der Waals surface area contributed by atoms with E-state index in [-0.39, 0.29) is 0 Å². The van der Waals surface area contributed by atoms with E-state index in [2.05, 4.69) is 49.4 Å². The minimum atomic E-state index is 0.454. The zero-order valence-corrected chi connectivity index (χ0v) is 9.78. The second kappa shape index (κ2) is 4.16. The molecule has 0 saturated carbocycles. The first-order valence-corrected chi connectivity index (χ1v) is 4.88. The van der Waals surface area contributed by atoms with Crippen LogP contribution in [0.4, 0.5) is 0 Å². The Kier molecular flexibility index (Phi) is 4.09. The molecule has 1 unspecified atom stereocenters. The van der Waals surface area contributed by atoms with Gasteiger partial charge in [-0.15, -0.1) is 5.47 Å². The normalized spacial score (nSPS) is 17.2. The van der Waals surface area contributed by atoms with E-state index in [1.165, 1.54) is 11.9 Å². The van der Waals surface area contributed by atoms with E-state index < -0.39 is 0 Å². The maximum atomic E-state index is 2.33. The summed E-state index contributed by atoms with van der Waals surface area (Å²) < 4.78 is 0. The van der Waals surface area contributed by atoms with E-state index >= 15 is 0 Å². The monoisotopic (exact) mass is 166 g/mol. The summed E-state index contributed by atoms with van der Waals surface area (Å²) in [6.07, 6.45) is 1.28. The molecule has 0 aliphatic rings. The van der Waals surface area contributed by atoms with Crippen molar-refractivity contribution in [3.63, 3.8) is 0 Å². The number of hydrogen-bond donors (Lipinski definition) is 0. The zero-order valence-electron chi connectivity index (χ0n) is 9.78. The molecule has 0 amide bonds. The first-order chi connectivity index (χ1) is 5.24. The van der Waals surface area contributed by atoms with E-state index in [1.807, 2.05) is 0 Å². The predicted molar refractivity (Wildman–Crippen MR) is 60.2 cm³/mol. The van der Waals surface area contributed by atoms with Gasteiger partial charge in [0, 0.05) is 0 Å². The van der Waals surface area contributed by atoms with Gasteiger partial charge in [-0.25, -0.2) is 0 Å². The Morgan fingerprint density at radius 2 is 1.67 bits per heavy atom. The lowest BCUT2D eigenvalue weighted by atomic mass is 9.79. The lowest BCUT2D eigenvalue weighted by Crippen LogP contribution is -2.12. The van der Waals surface area contributed by atoms with Gasteiger partial charge >= 0.3 is 0 Å². The molecule has 0 bridgehead atoms. The van der Waals surface area contributed by atoms with Crippen molar-refractivity contribution in [1.82, 2.24) is 0 Å². The fourth-order valence-electron chi connectivity index (χ4n) is 1.56. The van der Waals surface area contributed by atoms with Gasteiger partial charge in [-0.2, -0.15) is 0 Å². The van der Waals surface area contributed by atoms with Gasteiger partial charge in [-0.3, -0.25) is 0 Å². The van der Waals surface area contributed by atoms with Crippen LogP contribution in [0.5, 0.6) is 0 Å². The molecule has 0 aliphatic carbocycles. The van der Waals surface area contributed by atoms with E-state index in [0.29, 0.717) is 5.41 Å². The molecule has 0 aliphatic heterocycles. The van der Waals surface area contributed by atoms with Crippen LogP contribution in [-0.4, -0.2) is 7.85 Å². The molecule has 70 valence electrons. The summed E-state index contributed by atoms with van der Waals surface area (Å²) in [5.41, 5.74) is 3.49. The maximum absolute atomic E-state index is 2.33. The Bertz CT molecular complexity index is 168. The average Bonchev–Trinajstić information content (AvgIpc) is 1.82. The second-order valence-electron chi connectivity index (χ2n) is 5.35. The van der Waals surface area contributed by atoms with Crippen LogP contribution in [0.1, 0.15) is 48.0 Å². The molecular formula is C11H23B. The summed E-state index contributed by atoms with van der Waals surface area (Å²) in [6.45, 7) is 13.7. The van der Waals surface area contributed by atoms with Crippen molar-refractivity contribution in [3.8, 4) is 0 Å². The standard InChI is InChI=1S/C11H23B/c1-8(7-11(4,5)6)9(2)10(3)12/h8H,7,12H2,1-6H3/b10-9+. The summed E-state index contributed by atoms with van der Waals surface area (Å²) >= 11 is 0. The molecule has 12 heavy (non-hydrogen) atoms. The third-order valence-corrected chi connectivity index (χ3v) is 2.45. The fourth-order valence-corrected chi connectivity index (χ4v) is 1.56. The molecule has 0 heterocycles. The molecule has 0 rings (SSSR count). The van der Waals surface area contributed by atoms with E-state index in [4.69, 9.17) is 0 Å². The molecule has 0 spiro atoms. The van der Waals surface area contributed by atoms with Gasteiger partial charge in [0.25, 0.3) is 0 Å². The summed E-state index contributed by atoms with van der Waals surface area (Å²) in [7, 11) is 2.20. The van der Waals surface area contributed by atoms with Gasteiger partial charge in [-0.05, 0) is 24.7 Å². The Labute approximate surface area is 78.9 Å². The summed E-state index contributed by atoms with van der Waals surface area (Å²) in [5.74, 6) is 0.731. The molecule has 0 N–H and O–H groups in total. The lowest BCUT2D eigenvalue weighted by Gasteiger charge is -2.24. The highest BCUT2D eigenvalue weighted by atomic mass is 14.2. The van der Waals surface area contributed by atoms with E-state index in [1.54, 1.807) is 5.57 Å². The molecule has 0 fully saturated rings. The molecule has 1 heteroatoms. The van der Waals surface area contributed by atoms with Gasteiger partial charge in [0.1, 0.15) is 7.85 Å². The summed E-state index contributed by atoms with van der Waals surface area (Å²) in [5, 5.41) is 0. The van der Waals surface area contributed by atoms with E-state index in [0.717, 1.165) is 5.92 Å². The Balaban J connectivity index is 4.24. The van der Waals surface area contributed by atoms with Crippen LogP contribution in [0, 0.1) is 11.3 Å². The molecule has 0 aromatic carbocycles. The van der Waals surface area contributed by atoms with Crippen molar-refractivity contribution in [2.75, 3.05) is 0 Å². The van der Waals surface area contributed by atoms with Crippen molar-refractivity contribution in [3.05, 3.63) is 11.0 Å². The molecule has 1 atom stereocenters. The third kappa shape index (κ3) is 4.64. The first-order valence-electron chi connectivity index (χ1n) is 4.88. The van der Waals surface area contributed by atoms with Crippen molar-refractivity contribution in [2.45, 2.75) is 48.0 Å². The quantitative estimate of drug-likeness (QED) is 0.553. The topological polar surface area (TPSA) is 0 Å². The predicted octanol–water partition coefficient (Wildman–Crippen LogP) is 2.99. The molecule has 0 nitrogen and oxygen atoms in total. The van der Waals surface area contributed by atoms with Crippen molar-refractivity contribution in [2.24, 2.45) is 11.3 Å². The van der Waals surface area contributed by atoms with Crippen LogP contribution in [0.3, 0.4) is 0 Å². The minimum absolute atomic E-state index is 0.454. The van der Waals surface area contributed by atoms with Crippen molar-refractivity contribution >= 4 is 7.85 Å². The second-order valence-corrected chi connectivity index (χ2v) is 5.35. The Morgan fingerprint density at radius 3 is 1.92 bits per heavy atom. The summed E-state index contributed by atoms with van der Waals surface area (Å²) in [6, 6.07) is 0. The number of allylic oxidation sites excluding steroid dienone is 2. The van der Waals surface area contributed by atoms with Crippen molar-refractivity contribution in [1.29, 1.82) is 0 Å². The molecule has 0 aromatic heterocycles. The van der Waals surface area contributed by atoms with Crippen LogP contribution in [-0.2, 0) is 0 Å². The van der Waals surface area contributed by atoms with Crippen molar-refractivity contribution < 1.29 is 0 Å². The fraction of sp³-hybridized carbons (Fsp3) is 0.818. The molecule has 0 radical (unpaired) electrons. The van der Waals surface area contributed by atoms with Gasteiger partial charge in [0.15, 0.2) is 0 Å². The van der Waals surface area contributed by atoms with Crippen LogP contribution < -0.4 is 0 Å². The van der Waals surface area contributed by atoms with Gasteiger partial charge in [0.05, 0.1) is 0 Å². The number of hydrogen-bond acceptors (Lipinski definition) is 0. The smallest absolute Gasteiger partial charge is 0.114 e. The first kappa shape index (κ1) is 11.8. The van der Waals surface area contributed by atoms with E-state index in [9.17, 15) is 0 Å². The Morgan fingerprint density at radius 1 is 1.25 bits per heavy atom. The molecule has 0 saturated heterocycles. The third-order valence-electron chi connectivity index (χ3n) is 2.45. The highest BCUT2D eigenvalue weighted by Gasteiger charge is 2.16. The molecule has 0 aromatic rings. The lowest BCUT2D eigenvalue weighted by molar-refractivity contribution is 0.329. The van der Waals surface area contributed by atoms with Gasteiger partial charge in [0.2, 0.25) is 0 Å². The molecular weight excluding hydrogens is 143 g/mol. The van der Waals surface area contributed by atoms with Crippen LogP contribution in [0.25, 0.3) is 0 Å². The highest BCUT2D eigenvalue weighted by Crippen LogP contribution is 2.28.